The van der Waals surface area contributed by atoms with Crippen molar-refractivity contribution in [2.75, 3.05) is 5.75 Å². The Balaban J connectivity index is 1.42. The van der Waals surface area contributed by atoms with Crippen LogP contribution >= 0.6 is 23.4 Å². The van der Waals surface area contributed by atoms with Crippen molar-refractivity contribution < 1.29 is 4.79 Å². The number of aromatic nitrogens is 4. The standard InChI is InChI=1S/C25H20ClN5OS/c26-18-10-12-19(13-11-18)31-24(21-15-27-22-9-5-4-8-20(21)22)29-30-25(31)33-16-23(32)28-14-17-6-2-1-3-7-17/h1-13,15,27H,14,16H2,(H,28,32). The SMILES string of the molecule is O=C(CSc1nnc(-c2c[nH]c3ccccc23)n1-c1ccc(Cl)cc1)NCc1ccccc1. The number of benzene rings is 3. The van der Waals surface area contributed by atoms with E-state index in [9.17, 15) is 4.79 Å². The summed E-state index contributed by atoms with van der Waals surface area (Å²) < 4.78 is 1.96. The van der Waals surface area contributed by atoms with Gasteiger partial charge in [-0.1, -0.05) is 71.9 Å². The number of hydrogen-bond donors (Lipinski definition) is 2. The van der Waals surface area contributed by atoms with Gasteiger partial charge in [-0.3, -0.25) is 9.36 Å². The molecule has 2 heterocycles. The van der Waals surface area contributed by atoms with Crippen LogP contribution in [0.1, 0.15) is 5.56 Å². The summed E-state index contributed by atoms with van der Waals surface area (Å²) in [5.41, 5.74) is 3.89. The largest absolute Gasteiger partial charge is 0.360 e. The molecule has 5 aromatic rings. The average molecular weight is 474 g/mol. The number of hydrogen-bond acceptors (Lipinski definition) is 4. The second kappa shape index (κ2) is 9.52. The number of amides is 1. The number of fused-ring (bicyclic) bond motifs is 1. The van der Waals surface area contributed by atoms with Crippen LogP contribution in [0.25, 0.3) is 28.0 Å². The van der Waals surface area contributed by atoms with Gasteiger partial charge in [-0.25, -0.2) is 0 Å². The quantitative estimate of drug-likeness (QED) is 0.307. The van der Waals surface area contributed by atoms with Crippen LogP contribution in [0.5, 0.6) is 0 Å². The van der Waals surface area contributed by atoms with Crippen LogP contribution in [0.3, 0.4) is 0 Å². The van der Waals surface area contributed by atoms with E-state index in [0.29, 0.717) is 22.5 Å². The van der Waals surface area contributed by atoms with E-state index in [1.54, 1.807) is 0 Å². The van der Waals surface area contributed by atoms with Crippen LogP contribution in [0.4, 0.5) is 0 Å². The highest BCUT2D eigenvalue weighted by molar-refractivity contribution is 7.99. The summed E-state index contributed by atoms with van der Waals surface area (Å²) >= 11 is 7.46. The molecule has 0 fully saturated rings. The monoisotopic (exact) mass is 473 g/mol. The average Bonchev–Trinajstić information content (AvgIpc) is 3.46. The number of nitrogens with one attached hydrogen (secondary N) is 2. The molecule has 0 spiro atoms. The zero-order chi connectivity index (χ0) is 22.6. The third-order valence-electron chi connectivity index (χ3n) is 5.21. The molecule has 2 N–H and O–H groups in total. The molecule has 0 bridgehead atoms. The molecule has 0 aliphatic carbocycles. The van der Waals surface area contributed by atoms with E-state index in [4.69, 9.17) is 11.6 Å². The van der Waals surface area contributed by atoms with Gasteiger partial charge >= 0.3 is 0 Å². The summed E-state index contributed by atoms with van der Waals surface area (Å²) in [5.74, 6) is 0.858. The molecule has 5 rings (SSSR count). The van der Waals surface area contributed by atoms with Gasteiger partial charge in [0.05, 0.1) is 5.75 Å². The lowest BCUT2D eigenvalue weighted by molar-refractivity contribution is -0.118. The lowest BCUT2D eigenvalue weighted by atomic mass is 10.1. The van der Waals surface area contributed by atoms with Gasteiger partial charge in [0.25, 0.3) is 0 Å². The smallest absolute Gasteiger partial charge is 0.230 e. The first-order valence-electron chi connectivity index (χ1n) is 10.4. The number of halogens is 1. The highest BCUT2D eigenvalue weighted by Crippen LogP contribution is 2.32. The Hall–Kier alpha value is -3.55. The maximum atomic E-state index is 12.5. The van der Waals surface area contributed by atoms with Gasteiger partial charge in [0.15, 0.2) is 11.0 Å². The minimum absolute atomic E-state index is 0.0665. The number of carbonyl (C=O) groups excluding carboxylic acids is 1. The first-order chi connectivity index (χ1) is 16.2. The highest BCUT2D eigenvalue weighted by atomic mass is 35.5. The van der Waals surface area contributed by atoms with Crippen LogP contribution in [-0.4, -0.2) is 31.4 Å². The Morgan fingerprint density at radius 3 is 2.55 bits per heavy atom. The summed E-state index contributed by atoms with van der Waals surface area (Å²) in [7, 11) is 0. The first kappa shape index (κ1) is 21.3. The molecule has 0 atom stereocenters. The lowest BCUT2D eigenvalue weighted by Crippen LogP contribution is -2.24. The number of rotatable bonds is 7. The van der Waals surface area contributed by atoms with Crippen molar-refractivity contribution in [1.29, 1.82) is 0 Å². The Bertz CT molecular complexity index is 1400. The first-order valence-corrected chi connectivity index (χ1v) is 11.8. The molecular weight excluding hydrogens is 454 g/mol. The maximum Gasteiger partial charge on any atom is 0.230 e. The number of carbonyl (C=O) groups is 1. The Morgan fingerprint density at radius 2 is 1.73 bits per heavy atom. The fourth-order valence-electron chi connectivity index (χ4n) is 3.59. The van der Waals surface area contributed by atoms with E-state index in [-0.39, 0.29) is 11.7 Å². The molecule has 3 aromatic carbocycles. The van der Waals surface area contributed by atoms with Gasteiger partial charge in [-0.15, -0.1) is 10.2 Å². The van der Waals surface area contributed by atoms with E-state index < -0.39 is 0 Å². The van der Waals surface area contributed by atoms with Crippen LogP contribution in [0.15, 0.2) is 90.2 Å². The van der Waals surface area contributed by atoms with Crippen molar-refractivity contribution in [1.82, 2.24) is 25.1 Å². The summed E-state index contributed by atoms with van der Waals surface area (Å²) in [5, 5.41) is 14.2. The van der Waals surface area contributed by atoms with Crippen LogP contribution in [-0.2, 0) is 11.3 Å². The Labute approximate surface area is 200 Å². The van der Waals surface area contributed by atoms with Crippen molar-refractivity contribution in [3.8, 4) is 17.1 Å². The molecule has 2 aromatic heterocycles. The van der Waals surface area contributed by atoms with Crippen molar-refractivity contribution in [2.24, 2.45) is 0 Å². The van der Waals surface area contributed by atoms with E-state index >= 15 is 0 Å². The molecule has 0 aliphatic rings. The number of aromatic amines is 1. The third-order valence-corrected chi connectivity index (χ3v) is 6.39. The minimum Gasteiger partial charge on any atom is -0.360 e. The van der Waals surface area contributed by atoms with Gasteiger partial charge in [-0.2, -0.15) is 0 Å². The van der Waals surface area contributed by atoms with E-state index in [1.165, 1.54) is 11.8 Å². The van der Waals surface area contributed by atoms with Crippen molar-refractivity contribution in [2.45, 2.75) is 11.7 Å². The van der Waals surface area contributed by atoms with Gasteiger partial charge in [0.1, 0.15) is 0 Å². The number of nitrogens with zero attached hydrogens (tertiary/aromatic N) is 3. The molecule has 0 unspecified atom stereocenters. The molecule has 164 valence electrons. The molecule has 6 nitrogen and oxygen atoms in total. The molecule has 1 amide bonds. The molecule has 0 aliphatic heterocycles. The summed E-state index contributed by atoms with van der Waals surface area (Å²) in [6.07, 6.45) is 1.93. The van der Waals surface area contributed by atoms with Crippen molar-refractivity contribution in [3.63, 3.8) is 0 Å². The maximum absolute atomic E-state index is 12.5. The van der Waals surface area contributed by atoms with Gasteiger partial charge in [-0.05, 0) is 35.9 Å². The van der Waals surface area contributed by atoms with E-state index in [1.807, 2.05) is 89.6 Å². The van der Waals surface area contributed by atoms with Gasteiger partial charge < -0.3 is 10.3 Å². The third kappa shape index (κ3) is 4.65. The summed E-state index contributed by atoms with van der Waals surface area (Å²) in [6.45, 7) is 0.491. The van der Waals surface area contributed by atoms with Gasteiger partial charge in [0.2, 0.25) is 5.91 Å². The molecular formula is C25H20ClN5OS. The predicted molar refractivity (Wildman–Crippen MR) is 133 cm³/mol. The molecule has 0 saturated carbocycles. The predicted octanol–water partition coefficient (Wildman–Crippen LogP) is 5.48. The van der Waals surface area contributed by atoms with Crippen molar-refractivity contribution in [3.05, 3.63) is 95.6 Å². The van der Waals surface area contributed by atoms with Crippen LogP contribution < -0.4 is 5.32 Å². The molecule has 0 radical (unpaired) electrons. The van der Waals surface area contributed by atoms with E-state index in [2.05, 4.69) is 20.5 Å². The normalized spacial score (nSPS) is 11.1. The Morgan fingerprint density at radius 1 is 0.970 bits per heavy atom. The minimum atomic E-state index is -0.0665. The molecule has 33 heavy (non-hydrogen) atoms. The number of para-hydroxylation sites is 1. The zero-order valence-corrected chi connectivity index (χ0v) is 19.1. The fraction of sp³-hybridized carbons (Fsp3) is 0.0800. The number of H-pyrrole nitrogens is 1. The van der Waals surface area contributed by atoms with Crippen molar-refractivity contribution >= 4 is 40.2 Å². The summed E-state index contributed by atoms with van der Waals surface area (Å²) in [6, 6.07) is 25.4. The fourth-order valence-corrected chi connectivity index (χ4v) is 4.50. The molecule has 8 heteroatoms. The van der Waals surface area contributed by atoms with E-state index in [0.717, 1.165) is 27.7 Å². The topological polar surface area (TPSA) is 75.6 Å². The summed E-state index contributed by atoms with van der Waals surface area (Å²) in [4.78, 5) is 15.8. The van der Waals surface area contributed by atoms with Gasteiger partial charge in [0, 0.05) is 39.9 Å². The lowest BCUT2D eigenvalue weighted by Gasteiger charge is -2.10. The molecule has 0 saturated heterocycles. The van der Waals surface area contributed by atoms with Crippen LogP contribution in [0.2, 0.25) is 5.02 Å². The Kier molecular flexibility index (Phi) is 6.15. The second-order valence-electron chi connectivity index (χ2n) is 7.42. The second-order valence-corrected chi connectivity index (χ2v) is 8.80. The zero-order valence-electron chi connectivity index (χ0n) is 17.5. The van der Waals surface area contributed by atoms with Crippen LogP contribution in [0, 0.1) is 0 Å². The number of thioether (sulfide) groups is 1. The highest BCUT2D eigenvalue weighted by Gasteiger charge is 2.19.